The molecule has 0 saturated carbocycles. The lowest BCUT2D eigenvalue weighted by atomic mass is 10.5. The Morgan fingerprint density at radius 2 is 2.40 bits per heavy atom. The van der Waals surface area contributed by atoms with Gasteiger partial charge in [-0.15, -0.1) is 0 Å². The minimum absolute atomic E-state index is 0.179. The lowest BCUT2D eigenvalue weighted by Crippen LogP contribution is -2.04. The molecule has 1 aliphatic heterocycles. The van der Waals surface area contributed by atoms with Crippen LogP contribution in [0, 0.1) is 0 Å². The highest BCUT2D eigenvalue weighted by atomic mass is 127. The second-order valence-corrected chi connectivity index (χ2v) is 4.09. The number of ether oxygens (including phenoxy) is 1. The fourth-order valence-electron chi connectivity index (χ4n) is 0.502. The van der Waals surface area contributed by atoms with Gasteiger partial charge >= 0.3 is 5.97 Å². The largest absolute Gasteiger partial charge is 0.421 e. The lowest BCUT2D eigenvalue weighted by Gasteiger charge is -2.00. The third-order valence-electron chi connectivity index (χ3n) is 0.823. The normalized spacial score (nSPS) is 15.5. The predicted molar refractivity (Wildman–Crippen MR) is 49.1 cm³/mol. The molecule has 10 heavy (non-hydrogen) atoms. The molecule has 0 aromatic rings. The molecule has 0 atom stereocenters. The van der Waals surface area contributed by atoms with Gasteiger partial charge in [-0.1, -0.05) is 12.2 Å². The summed E-state index contributed by atoms with van der Waals surface area (Å²) in [6.45, 7) is 1.42. The maximum absolute atomic E-state index is 10.4. The molecule has 2 nitrogen and oxygen atoms in total. The highest BCUT2D eigenvalue weighted by Gasteiger charge is 1.97. The third kappa shape index (κ3) is 2.43. The van der Waals surface area contributed by atoms with Gasteiger partial charge in [0.05, 0.1) is 0 Å². The van der Waals surface area contributed by atoms with Crippen LogP contribution < -0.4 is 0 Å². The quantitative estimate of drug-likeness (QED) is 0.523. The van der Waals surface area contributed by atoms with Crippen LogP contribution in [-0.4, -0.2) is 9.66 Å². The number of hydrogen-bond acceptors (Lipinski definition) is 2. The van der Waals surface area contributed by atoms with Crippen molar-refractivity contribution < 1.29 is 9.53 Å². The molecule has 0 unspecified atom stereocenters. The molecule has 0 amide bonds. The Kier molecular flexibility index (Phi) is 2.80. The minimum atomic E-state index is -0.227. The molecule has 54 valence electrons. The zero-order chi connectivity index (χ0) is 7.40. The van der Waals surface area contributed by atoms with E-state index in [9.17, 15) is 4.79 Å². The predicted octanol–water partition coefficient (Wildman–Crippen LogP) is 1.73. The Balaban J connectivity index is 2.58. The van der Waals surface area contributed by atoms with Crippen molar-refractivity contribution in [2.75, 3.05) is 0 Å². The van der Waals surface area contributed by atoms with Crippen LogP contribution in [0.5, 0.6) is 0 Å². The third-order valence-corrected chi connectivity index (χ3v) is 2.79. The number of carbonyl (C=O) groups is 1. The minimum Gasteiger partial charge on any atom is -0.421 e. The summed E-state index contributed by atoms with van der Waals surface area (Å²) in [4.78, 5) is 10.4. The molecule has 3 heteroatoms. The van der Waals surface area contributed by atoms with Crippen molar-refractivity contribution in [3.8, 4) is 0 Å². The van der Waals surface area contributed by atoms with Gasteiger partial charge in [0.1, 0.15) is 0 Å². The monoisotopic (exact) mass is 250 g/mol. The van der Waals surface area contributed by atoms with Crippen molar-refractivity contribution in [2.24, 2.45) is 0 Å². The van der Waals surface area contributed by atoms with Crippen molar-refractivity contribution in [1.82, 2.24) is 0 Å². The van der Waals surface area contributed by atoms with E-state index in [1.165, 1.54) is 6.92 Å². The number of esters is 1. The average Bonchev–Trinajstić information content (AvgIpc) is 1.88. The smallest absolute Gasteiger partial charge is 0.308 e. The number of halogens is 1. The van der Waals surface area contributed by atoms with Crippen LogP contribution in [0.4, 0.5) is 0 Å². The highest BCUT2D eigenvalue weighted by Crippen LogP contribution is 2.09. The van der Waals surface area contributed by atoms with Crippen LogP contribution in [-0.2, 0) is 9.53 Å². The Bertz CT molecular complexity index is 226. The average molecular weight is 250 g/mol. The van der Waals surface area contributed by atoms with Crippen molar-refractivity contribution in [3.05, 3.63) is 22.3 Å². The van der Waals surface area contributed by atoms with Crippen LogP contribution in [0.15, 0.2) is 22.3 Å². The van der Waals surface area contributed by atoms with Gasteiger partial charge in [0.2, 0.25) is 0 Å². The maximum atomic E-state index is 10.4. The van der Waals surface area contributed by atoms with E-state index in [1.807, 2.05) is 18.2 Å². The number of rotatable bonds is 1. The summed E-state index contributed by atoms with van der Waals surface area (Å²) in [7, 11) is 0. The summed E-state index contributed by atoms with van der Waals surface area (Å²) in [6, 6.07) is 0. The van der Waals surface area contributed by atoms with Crippen molar-refractivity contribution in [1.29, 1.82) is 0 Å². The van der Waals surface area contributed by atoms with E-state index >= 15 is 0 Å². The van der Waals surface area contributed by atoms with Gasteiger partial charge < -0.3 is 4.74 Å². The molecular weight excluding hydrogens is 243 g/mol. The summed E-state index contributed by atoms with van der Waals surface area (Å²) in [6.07, 6.45) is 5.69. The van der Waals surface area contributed by atoms with Crippen LogP contribution in [0.2, 0.25) is 0 Å². The van der Waals surface area contributed by atoms with Crippen LogP contribution >= 0.6 is 20.7 Å². The molecule has 0 spiro atoms. The SMILES string of the molecule is CC(=O)OC1=IC=CC=C1. The molecule has 0 bridgehead atoms. The van der Waals surface area contributed by atoms with Gasteiger partial charge in [-0.2, -0.15) is 0 Å². The fraction of sp³-hybridized carbons (Fsp3) is 0.143. The molecule has 0 radical (unpaired) electrons. The first kappa shape index (κ1) is 7.65. The van der Waals surface area contributed by atoms with E-state index < -0.39 is 0 Å². The molecule has 0 aromatic carbocycles. The Morgan fingerprint density at radius 3 is 2.90 bits per heavy atom. The first-order valence-corrected chi connectivity index (χ1v) is 5.13. The number of hydrogen-bond donors (Lipinski definition) is 0. The standard InChI is InChI=1S/C7H7IO2/c1-6(9)10-7-4-2-3-5-8-7/h2-5H,1H3. The van der Waals surface area contributed by atoms with Gasteiger partial charge in [0, 0.05) is 6.92 Å². The topological polar surface area (TPSA) is 26.3 Å². The van der Waals surface area contributed by atoms with Gasteiger partial charge in [-0.05, 0) is 30.9 Å². The van der Waals surface area contributed by atoms with Crippen molar-refractivity contribution in [2.45, 2.75) is 6.92 Å². The van der Waals surface area contributed by atoms with Gasteiger partial charge in [-0.3, -0.25) is 4.79 Å². The van der Waals surface area contributed by atoms with Crippen molar-refractivity contribution in [3.63, 3.8) is 0 Å². The van der Waals surface area contributed by atoms with E-state index in [1.54, 1.807) is 0 Å². The van der Waals surface area contributed by atoms with Crippen LogP contribution in [0.25, 0.3) is 0 Å². The Hall–Kier alpha value is -0.450. The van der Waals surface area contributed by atoms with Crippen molar-refractivity contribution >= 4 is 30.4 Å². The first-order chi connectivity index (χ1) is 4.79. The second kappa shape index (κ2) is 3.65. The molecule has 0 N–H and O–H groups in total. The lowest BCUT2D eigenvalue weighted by molar-refractivity contribution is -0.132. The molecular formula is C7H7IO2. The molecule has 0 fully saturated rings. The Morgan fingerprint density at radius 1 is 1.60 bits per heavy atom. The highest BCUT2D eigenvalue weighted by molar-refractivity contribution is 14.2. The zero-order valence-corrected chi connectivity index (χ0v) is 7.66. The second-order valence-electron chi connectivity index (χ2n) is 1.68. The molecule has 0 aliphatic carbocycles. The molecule has 1 aliphatic rings. The molecule has 1 heterocycles. The first-order valence-electron chi connectivity index (χ1n) is 2.81. The van der Waals surface area contributed by atoms with E-state index in [0.29, 0.717) is 0 Å². The van der Waals surface area contributed by atoms with Gasteiger partial charge in [-0.25, -0.2) is 0 Å². The van der Waals surface area contributed by atoms with E-state index in [4.69, 9.17) is 4.74 Å². The van der Waals surface area contributed by atoms with E-state index in [0.717, 1.165) is 3.69 Å². The summed E-state index contributed by atoms with van der Waals surface area (Å²) in [5.41, 5.74) is 0. The fourth-order valence-corrected chi connectivity index (χ4v) is 2.16. The number of carbonyl (C=O) groups excluding carboxylic acids is 1. The summed E-state index contributed by atoms with van der Waals surface area (Å²) in [5.74, 6) is -0.227. The molecule has 0 aromatic heterocycles. The Labute approximate surface area is 69.3 Å². The van der Waals surface area contributed by atoms with Crippen LogP contribution in [0.1, 0.15) is 6.92 Å². The zero-order valence-electron chi connectivity index (χ0n) is 5.50. The molecule has 1 rings (SSSR count). The summed E-state index contributed by atoms with van der Waals surface area (Å²) >= 11 is -0.179. The van der Waals surface area contributed by atoms with E-state index in [2.05, 4.69) is 4.08 Å². The summed E-state index contributed by atoms with van der Waals surface area (Å²) < 4.78 is 7.76. The van der Waals surface area contributed by atoms with E-state index in [-0.39, 0.29) is 26.7 Å². The van der Waals surface area contributed by atoms with Crippen LogP contribution in [0.3, 0.4) is 0 Å². The summed E-state index contributed by atoms with van der Waals surface area (Å²) in [5, 5.41) is 0. The number of allylic oxidation sites excluding steroid dienone is 2. The maximum Gasteiger partial charge on any atom is 0.308 e. The van der Waals surface area contributed by atoms with Gasteiger partial charge in [0.15, 0.2) is 3.69 Å². The van der Waals surface area contributed by atoms with Gasteiger partial charge in [0.25, 0.3) is 0 Å². The molecule has 0 saturated heterocycles.